The summed E-state index contributed by atoms with van der Waals surface area (Å²) in [4.78, 5) is 37.5. The zero-order valence-corrected chi connectivity index (χ0v) is 18.3. The van der Waals surface area contributed by atoms with E-state index >= 15 is 0 Å². The summed E-state index contributed by atoms with van der Waals surface area (Å²) in [5, 5.41) is 2.81. The van der Waals surface area contributed by atoms with Crippen LogP contribution >= 0.6 is 27.5 Å². The van der Waals surface area contributed by atoms with Gasteiger partial charge in [-0.3, -0.25) is 9.69 Å². The molecule has 2 aromatic carbocycles. The van der Waals surface area contributed by atoms with E-state index in [1.165, 1.54) is 6.08 Å². The number of carbonyl (C=O) groups is 3. The Morgan fingerprint density at radius 3 is 2.63 bits per heavy atom. The van der Waals surface area contributed by atoms with Crippen LogP contribution in [0.4, 0.5) is 4.79 Å². The van der Waals surface area contributed by atoms with Crippen LogP contribution in [0.15, 0.2) is 52.6 Å². The van der Waals surface area contributed by atoms with Crippen LogP contribution in [0, 0.1) is 0 Å². The lowest BCUT2D eigenvalue weighted by atomic mass is 10.1. The Morgan fingerprint density at radius 2 is 1.97 bits per heavy atom. The number of esters is 1. The average Bonchev–Trinajstić information content (AvgIpc) is 2.96. The van der Waals surface area contributed by atoms with Crippen molar-refractivity contribution in [2.75, 3.05) is 13.2 Å². The first-order valence-electron chi connectivity index (χ1n) is 9.05. The zero-order chi connectivity index (χ0) is 21.7. The molecule has 0 atom stereocenters. The molecule has 0 unspecified atom stereocenters. The molecule has 1 N–H and O–H groups in total. The molecule has 3 amide bonds. The van der Waals surface area contributed by atoms with E-state index < -0.39 is 17.9 Å². The predicted molar refractivity (Wildman–Crippen MR) is 115 cm³/mol. The predicted octanol–water partition coefficient (Wildman–Crippen LogP) is 4.14. The summed E-state index contributed by atoms with van der Waals surface area (Å²) in [5.74, 6) is -0.664. The number of hydrogen-bond donors (Lipinski definition) is 1. The minimum absolute atomic E-state index is 0.138. The van der Waals surface area contributed by atoms with Crippen molar-refractivity contribution in [3.05, 3.63) is 68.8 Å². The van der Waals surface area contributed by atoms with Crippen LogP contribution in [-0.2, 0) is 20.9 Å². The van der Waals surface area contributed by atoms with Gasteiger partial charge in [0.1, 0.15) is 5.70 Å². The third-order valence-electron chi connectivity index (χ3n) is 4.12. The molecule has 1 saturated heterocycles. The van der Waals surface area contributed by atoms with Gasteiger partial charge in [0, 0.05) is 0 Å². The smallest absolute Gasteiger partial charge is 0.344 e. The van der Waals surface area contributed by atoms with Gasteiger partial charge in [-0.25, -0.2) is 9.59 Å². The van der Waals surface area contributed by atoms with E-state index in [-0.39, 0.29) is 36.2 Å². The molecular weight excluding hydrogens is 476 g/mol. The van der Waals surface area contributed by atoms with E-state index in [9.17, 15) is 14.4 Å². The second-order valence-corrected chi connectivity index (χ2v) is 7.53. The highest BCUT2D eigenvalue weighted by Gasteiger charge is 2.33. The van der Waals surface area contributed by atoms with E-state index in [4.69, 9.17) is 21.1 Å². The molecule has 9 heteroatoms. The molecule has 2 aromatic rings. The van der Waals surface area contributed by atoms with Crippen LogP contribution in [0.1, 0.15) is 18.1 Å². The van der Waals surface area contributed by atoms with E-state index in [2.05, 4.69) is 21.2 Å². The highest BCUT2D eigenvalue weighted by molar-refractivity contribution is 9.10. The maximum absolute atomic E-state index is 12.7. The zero-order valence-electron chi connectivity index (χ0n) is 16.0. The summed E-state index contributed by atoms with van der Waals surface area (Å²) >= 11 is 9.61. The molecule has 1 fully saturated rings. The second-order valence-electron chi connectivity index (χ2n) is 6.27. The first-order chi connectivity index (χ1) is 14.4. The standard InChI is InChI=1S/C21H18BrClN2O5/c1-2-29-18(26)12-30-19-15(22)8-14(9-16(19)23)10-17-20(27)25(21(28)24-17)11-13-6-4-3-5-7-13/h3-10H,2,11-12H2,1H3,(H,24,28)/b17-10+. The molecule has 7 nitrogen and oxygen atoms in total. The third-order valence-corrected chi connectivity index (χ3v) is 4.99. The lowest BCUT2D eigenvalue weighted by Crippen LogP contribution is -2.30. The highest BCUT2D eigenvalue weighted by Crippen LogP contribution is 2.35. The number of ether oxygens (including phenoxy) is 2. The van der Waals surface area contributed by atoms with Crippen molar-refractivity contribution < 1.29 is 23.9 Å². The largest absolute Gasteiger partial charge is 0.479 e. The SMILES string of the molecule is CCOC(=O)COc1c(Cl)cc(/C=C2/NC(=O)N(Cc3ccccc3)C2=O)cc1Br. The number of rotatable bonds is 7. The van der Waals surface area contributed by atoms with Crippen molar-refractivity contribution in [1.82, 2.24) is 10.2 Å². The first-order valence-corrected chi connectivity index (χ1v) is 10.2. The van der Waals surface area contributed by atoms with Crippen LogP contribution in [0.5, 0.6) is 5.75 Å². The quantitative estimate of drug-likeness (QED) is 0.356. The Morgan fingerprint density at radius 1 is 1.23 bits per heavy atom. The third kappa shape index (κ3) is 5.20. The molecule has 0 radical (unpaired) electrons. The average molecular weight is 494 g/mol. The fraction of sp³-hybridized carbons (Fsp3) is 0.190. The van der Waals surface area contributed by atoms with Gasteiger partial charge in [-0.1, -0.05) is 41.9 Å². The number of amides is 3. The highest BCUT2D eigenvalue weighted by atomic mass is 79.9. The van der Waals surface area contributed by atoms with Crippen molar-refractivity contribution in [1.29, 1.82) is 0 Å². The van der Waals surface area contributed by atoms with Gasteiger partial charge in [-0.15, -0.1) is 0 Å². The fourth-order valence-electron chi connectivity index (χ4n) is 2.78. The molecule has 156 valence electrons. The number of benzene rings is 2. The lowest BCUT2D eigenvalue weighted by molar-refractivity contribution is -0.145. The Balaban J connectivity index is 1.75. The molecule has 1 heterocycles. The molecular formula is C21H18BrClN2O5. The number of halogens is 2. The van der Waals surface area contributed by atoms with Gasteiger partial charge in [0.15, 0.2) is 12.4 Å². The first kappa shape index (κ1) is 21.9. The molecule has 1 aliphatic heterocycles. The summed E-state index contributed by atoms with van der Waals surface area (Å²) in [5.41, 5.74) is 1.55. The van der Waals surface area contributed by atoms with Gasteiger partial charge in [0.05, 0.1) is 22.6 Å². The van der Waals surface area contributed by atoms with Crippen molar-refractivity contribution in [2.45, 2.75) is 13.5 Å². The molecule has 30 heavy (non-hydrogen) atoms. The summed E-state index contributed by atoms with van der Waals surface area (Å²) in [6.45, 7) is 1.85. The van der Waals surface area contributed by atoms with Crippen LogP contribution < -0.4 is 10.1 Å². The topological polar surface area (TPSA) is 84.9 Å². The van der Waals surface area contributed by atoms with Gasteiger partial charge in [0.25, 0.3) is 5.91 Å². The molecule has 0 bridgehead atoms. The number of carbonyl (C=O) groups excluding carboxylic acids is 3. The van der Waals surface area contributed by atoms with Crippen molar-refractivity contribution in [3.8, 4) is 5.75 Å². The minimum atomic E-state index is -0.510. The van der Waals surface area contributed by atoms with Gasteiger partial charge < -0.3 is 14.8 Å². The van der Waals surface area contributed by atoms with Crippen LogP contribution in [-0.4, -0.2) is 36.0 Å². The lowest BCUT2D eigenvalue weighted by Gasteiger charge is -2.11. The number of urea groups is 1. The van der Waals surface area contributed by atoms with Gasteiger partial charge >= 0.3 is 12.0 Å². The number of hydrogen-bond acceptors (Lipinski definition) is 5. The van der Waals surface area contributed by atoms with Crippen LogP contribution in [0.2, 0.25) is 5.02 Å². The fourth-order valence-corrected chi connectivity index (χ4v) is 3.77. The minimum Gasteiger partial charge on any atom is -0.479 e. The number of imide groups is 1. The molecule has 0 aromatic heterocycles. The summed E-state index contributed by atoms with van der Waals surface area (Å²) in [7, 11) is 0. The number of nitrogens with one attached hydrogen (secondary N) is 1. The Labute approximate surface area is 186 Å². The van der Waals surface area contributed by atoms with Crippen LogP contribution in [0.3, 0.4) is 0 Å². The Hall–Kier alpha value is -2.84. The van der Waals surface area contributed by atoms with Crippen molar-refractivity contribution >= 4 is 51.5 Å². The van der Waals surface area contributed by atoms with Gasteiger partial charge in [-0.2, -0.15) is 0 Å². The Bertz CT molecular complexity index is 987. The van der Waals surface area contributed by atoms with E-state index in [1.54, 1.807) is 19.1 Å². The van der Waals surface area contributed by atoms with E-state index in [0.717, 1.165) is 10.5 Å². The number of nitrogens with zero attached hydrogens (tertiary/aromatic N) is 1. The maximum atomic E-state index is 12.7. The van der Waals surface area contributed by atoms with Crippen LogP contribution in [0.25, 0.3) is 6.08 Å². The Kier molecular flexibility index (Phi) is 7.12. The molecule has 0 spiro atoms. The van der Waals surface area contributed by atoms with E-state index in [1.807, 2.05) is 30.3 Å². The monoisotopic (exact) mass is 492 g/mol. The molecule has 0 saturated carbocycles. The van der Waals surface area contributed by atoms with Gasteiger partial charge in [-0.05, 0) is 52.2 Å². The van der Waals surface area contributed by atoms with Gasteiger partial charge in [0.2, 0.25) is 0 Å². The summed E-state index contributed by atoms with van der Waals surface area (Å²) in [6, 6.07) is 12.0. The normalized spacial score (nSPS) is 14.8. The molecule has 0 aliphatic carbocycles. The van der Waals surface area contributed by atoms with Crippen molar-refractivity contribution in [2.24, 2.45) is 0 Å². The maximum Gasteiger partial charge on any atom is 0.344 e. The van der Waals surface area contributed by atoms with Crippen molar-refractivity contribution in [3.63, 3.8) is 0 Å². The second kappa shape index (κ2) is 9.77. The van der Waals surface area contributed by atoms with E-state index in [0.29, 0.717) is 10.0 Å². The molecule has 1 aliphatic rings. The summed E-state index contributed by atoms with van der Waals surface area (Å²) < 4.78 is 10.7. The summed E-state index contributed by atoms with van der Waals surface area (Å²) in [6.07, 6.45) is 1.52. The molecule has 3 rings (SSSR count).